The fourth-order valence-electron chi connectivity index (χ4n) is 2.90. The van der Waals surface area contributed by atoms with Crippen molar-refractivity contribution in [3.8, 4) is 0 Å². The number of pyridine rings is 1. The van der Waals surface area contributed by atoms with Crippen molar-refractivity contribution >= 4 is 22.5 Å². The summed E-state index contributed by atoms with van der Waals surface area (Å²) in [7, 11) is 2.07. The summed E-state index contributed by atoms with van der Waals surface area (Å²) < 4.78 is 0. The van der Waals surface area contributed by atoms with Crippen LogP contribution in [-0.2, 0) is 11.2 Å². The van der Waals surface area contributed by atoms with Crippen LogP contribution in [0.2, 0.25) is 0 Å². The molecule has 3 rings (SSSR count). The summed E-state index contributed by atoms with van der Waals surface area (Å²) in [6, 6.07) is 20.1. The Kier molecular flexibility index (Phi) is 5.62. The third kappa shape index (κ3) is 4.57. The van der Waals surface area contributed by atoms with Gasteiger partial charge in [-0.05, 0) is 30.2 Å². The molecule has 0 aliphatic heterocycles. The number of amides is 1. The van der Waals surface area contributed by atoms with E-state index < -0.39 is 0 Å². The minimum atomic E-state index is 0.0421. The highest BCUT2D eigenvalue weighted by atomic mass is 16.1. The maximum Gasteiger partial charge on any atom is 0.224 e. The Morgan fingerprint density at radius 2 is 1.84 bits per heavy atom. The van der Waals surface area contributed by atoms with Crippen LogP contribution in [0.25, 0.3) is 10.9 Å². The number of benzene rings is 2. The number of hydrogen-bond acceptors (Lipinski definition) is 3. The van der Waals surface area contributed by atoms with Gasteiger partial charge in [-0.2, -0.15) is 0 Å². The first kappa shape index (κ1) is 17.0. The fraction of sp³-hybridized carbons (Fsp3) is 0.238. The van der Waals surface area contributed by atoms with Gasteiger partial charge < -0.3 is 10.2 Å². The lowest BCUT2D eigenvalue weighted by Crippen LogP contribution is -2.29. The third-order valence-electron chi connectivity index (χ3n) is 4.26. The maximum atomic E-state index is 12.2. The van der Waals surface area contributed by atoms with Crippen LogP contribution in [0.5, 0.6) is 0 Å². The standard InChI is InChI=1S/C21H23N3O/c1-24(19-11-3-2-4-12-19)15-7-14-22-20(25)16-18-9-5-8-17-10-6-13-23-21(17)18/h2-6,8-13H,7,14-16H2,1H3,(H,22,25). The molecule has 0 aliphatic rings. The number of nitrogens with zero attached hydrogens (tertiary/aromatic N) is 2. The van der Waals surface area contributed by atoms with E-state index in [0.717, 1.165) is 29.4 Å². The van der Waals surface area contributed by atoms with Gasteiger partial charge in [0.1, 0.15) is 0 Å². The largest absolute Gasteiger partial charge is 0.375 e. The summed E-state index contributed by atoms with van der Waals surface area (Å²) >= 11 is 0. The average molecular weight is 333 g/mol. The summed E-state index contributed by atoms with van der Waals surface area (Å²) in [6.07, 6.45) is 3.04. The second-order valence-electron chi connectivity index (χ2n) is 6.13. The Balaban J connectivity index is 1.47. The van der Waals surface area contributed by atoms with Crippen LogP contribution >= 0.6 is 0 Å². The van der Waals surface area contributed by atoms with E-state index in [9.17, 15) is 4.79 Å². The van der Waals surface area contributed by atoms with E-state index in [1.807, 2.05) is 48.5 Å². The van der Waals surface area contributed by atoms with Crippen molar-refractivity contribution in [2.45, 2.75) is 12.8 Å². The Labute approximate surface area is 148 Å². The summed E-state index contributed by atoms with van der Waals surface area (Å²) in [6.45, 7) is 1.58. The summed E-state index contributed by atoms with van der Waals surface area (Å²) in [4.78, 5) is 18.8. The molecule has 1 heterocycles. The van der Waals surface area contributed by atoms with E-state index in [1.54, 1.807) is 6.20 Å². The molecule has 0 saturated heterocycles. The quantitative estimate of drug-likeness (QED) is 0.674. The van der Waals surface area contributed by atoms with E-state index in [0.29, 0.717) is 13.0 Å². The predicted octanol–water partition coefficient (Wildman–Crippen LogP) is 3.42. The molecule has 0 unspecified atom stereocenters. The zero-order valence-corrected chi connectivity index (χ0v) is 14.5. The van der Waals surface area contributed by atoms with Gasteiger partial charge in [-0.25, -0.2) is 0 Å². The molecule has 0 saturated carbocycles. The third-order valence-corrected chi connectivity index (χ3v) is 4.26. The molecule has 0 atom stereocenters. The minimum Gasteiger partial charge on any atom is -0.375 e. The Morgan fingerprint density at radius 3 is 2.68 bits per heavy atom. The van der Waals surface area contributed by atoms with Gasteiger partial charge in [0.25, 0.3) is 0 Å². The van der Waals surface area contributed by atoms with Gasteiger partial charge in [0.05, 0.1) is 11.9 Å². The molecule has 0 spiro atoms. The average Bonchev–Trinajstić information content (AvgIpc) is 2.66. The van der Waals surface area contributed by atoms with Crippen molar-refractivity contribution in [1.82, 2.24) is 10.3 Å². The van der Waals surface area contributed by atoms with Gasteiger partial charge in [-0.3, -0.25) is 9.78 Å². The SMILES string of the molecule is CN(CCCNC(=O)Cc1cccc2cccnc12)c1ccccc1. The van der Waals surface area contributed by atoms with Crippen LogP contribution in [0.15, 0.2) is 66.9 Å². The molecule has 2 aromatic carbocycles. The molecular weight excluding hydrogens is 310 g/mol. The van der Waals surface area contributed by atoms with Crippen molar-refractivity contribution in [2.24, 2.45) is 0 Å². The van der Waals surface area contributed by atoms with Crippen molar-refractivity contribution in [3.63, 3.8) is 0 Å². The van der Waals surface area contributed by atoms with E-state index in [-0.39, 0.29) is 5.91 Å². The summed E-state index contributed by atoms with van der Waals surface area (Å²) in [5.74, 6) is 0.0421. The van der Waals surface area contributed by atoms with Crippen LogP contribution in [0.1, 0.15) is 12.0 Å². The first-order chi connectivity index (χ1) is 12.2. The molecule has 3 aromatic rings. The molecule has 4 heteroatoms. The number of carbonyl (C=O) groups is 1. The van der Waals surface area contributed by atoms with Crippen LogP contribution < -0.4 is 10.2 Å². The number of anilines is 1. The number of nitrogens with one attached hydrogen (secondary N) is 1. The molecular formula is C21H23N3O. The second-order valence-corrected chi connectivity index (χ2v) is 6.13. The molecule has 0 fully saturated rings. The highest BCUT2D eigenvalue weighted by Crippen LogP contribution is 2.16. The van der Waals surface area contributed by atoms with Crippen LogP contribution in [0.3, 0.4) is 0 Å². The fourth-order valence-corrected chi connectivity index (χ4v) is 2.90. The zero-order chi connectivity index (χ0) is 17.5. The van der Waals surface area contributed by atoms with Crippen LogP contribution in [0.4, 0.5) is 5.69 Å². The van der Waals surface area contributed by atoms with Gasteiger partial charge in [-0.1, -0.05) is 42.5 Å². The molecule has 1 amide bonds. The molecule has 25 heavy (non-hydrogen) atoms. The smallest absolute Gasteiger partial charge is 0.224 e. The van der Waals surface area contributed by atoms with Gasteiger partial charge in [0.15, 0.2) is 0 Å². The lowest BCUT2D eigenvalue weighted by molar-refractivity contribution is -0.120. The van der Waals surface area contributed by atoms with Crippen molar-refractivity contribution in [2.75, 3.05) is 25.0 Å². The number of hydrogen-bond donors (Lipinski definition) is 1. The highest BCUT2D eigenvalue weighted by molar-refractivity contribution is 5.87. The summed E-state index contributed by atoms with van der Waals surface area (Å²) in [5, 5.41) is 4.08. The second kappa shape index (κ2) is 8.29. The van der Waals surface area contributed by atoms with Gasteiger partial charge in [0.2, 0.25) is 5.91 Å². The Hall–Kier alpha value is -2.88. The number of rotatable bonds is 7. The van der Waals surface area contributed by atoms with E-state index in [1.165, 1.54) is 5.69 Å². The topological polar surface area (TPSA) is 45.2 Å². The minimum absolute atomic E-state index is 0.0421. The maximum absolute atomic E-state index is 12.2. The van der Waals surface area contributed by atoms with Gasteiger partial charge >= 0.3 is 0 Å². The zero-order valence-electron chi connectivity index (χ0n) is 14.5. The predicted molar refractivity (Wildman–Crippen MR) is 103 cm³/mol. The van der Waals surface area contributed by atoms with Crippen molar-refractivity contribution in [3.05, 3.63) is 72.4 Å². The molecule has 0 bridgehead atoms. The Bertz CT molecular complexity index is 827. The molecule has 0 aliphatic carbocycles. The highest BCUT2D eigenvalue weighted by Gasteiger charge is 2.07. The van der Waals surface area contributed by atoms with Crippen LogP contribution in [0, 0.1) is 0 Å². The monoisotopic (exact) mass is 333 g/mol. The first-order valence-electron chi connectivity index (χ1n) is 8.59. The first-order valence-corrected chi connectivity index (χ1v) is 8.59. The van der Waals surface area contributed by atoms with Gasteiger partial charge in [0, 0.05) is 37.4 Å². The Morgan fingerprint density at radius 1 is 1.04 bits per heavy atom. The molecule has 128 valence electrons. The lowest BCUT2D eigenvalue weighted by atomic mass is 10.1. The lowest BCUT2D eigenvalue weighted by Gasteiger charge is -2.19. The number of aromatic nitrogens is 1. The molecule has 0 radical (unpaired) electrons. The number of carbonyl (C=O) groups excluding carboxylic acids is 1. The van der Waals surface area contributed by atoms with Crippen molar-refractivity contribution in [1.29, 1.82) is 0 Å². The molecule has 4 nitrogen and oxygen atoms in total. The van der Waals surface area contributed by atoms with E-state index >= 15 is 0 Å². The summed E-state index contributed by atoms with van der Waals surface area (Å²) in [5.41, 5.74) is 3.07. The normalized spacial score (nSPS) is 10.6. The number of para-hydroxylation sites is 2. The van der Waals surface area contributed by atoms with Crippen molar-refractivity contribution < 1.29 is 4.79 Å². The number of fused-ring (bicyclic) bond motifs is 1. The molecule has 1 aromatic heterocycles. The van der Waals surface area contributed by atoms with E-state index in [4.69, 9.17) is 0 Å². The van der Waals surface area contributed by atoms with Gasteiger partial charge in [-0.15, -0.1) is 0 Å². The van der Waals surface area contributed by atoms with E-state index in [2.05, 4.69) is 34.4 Å². The molecule has 1 N–H and O–H groups in total. The van der Waals surface area contributed by atoms with Crippen LogP contribution in [-0.4, -0.2) is 31.0 Å².